The monoisotopic (exact) mass is 263 g/mol. The van der Waals surface area contributed by atoms with Crippen molar-refractivity contribution in [3.8, 4) is 5.75 Å². The molecule has 3 radical (unpaired) electrons. The summed E-state index contributed by atoms with van der Waals surface area (Å²) < 4.78 is 5.77. The molecule has 0 saturated carbocycles. The molecule has 0 bridgehead atoms. The van der Waals surface area contributed by atoms with E-state index in [1.54, 1.807) is 33.8 Å². The third-order valence-electron chi connectivity index (χ3n) is 3.27. The second kappa shape index (κ2) is 5.65. The van der Waals surface area contributed by atoms with Gasteiger partial charge in [0.15, 0.2) is 0 Å². The summed E-state index contributed by atoms with van der Waals surface area (Å²) in [6, 6.07) is 4.70. The Morgan fingerprint density at radius 3 is 2.16 bits per heavy atom. The van der Waals surface area contributed by atoms with Gasteiger partial charge in [-0.15, -0.1) is 0 Å². The van der Waals surface area contributed by atoms with Gasteiger partial charge in [-0.2, -0.15) is 0 Å². The molecule has 1 rings (SSSR count). The third kappa shape index (κ3) is 3.99. The number of aliphatic hydroxyl groups is 1. The van der Waals surface area contributed by atoms with Gasteiger partial charge in [-0.25, -0.2) is 4.79 Å². The summed E-state index contributed by atoms with van der Waals surface area (Å²) in [7, 11) is 0. The fourth-order valence-electron chi connectivity index (χ4n) is 1.24. The van der Waals surface area contributed by atoms with Crippen molar-refractivity contribution in [3.05, 3.63) is 29.3 Å². The molecule has 0 unspecified atom stereocenters. The highest BCUT2D eigenvalue weighted by molar-refractivity contribution is 5.88. The molecule has 0 heterocycles. The average Bonchev–Trinajstić information content (AvgIpc) is 2.18. The summed E-state index contributed by atoms with van der Waals surface area (Å²) in [5.74, 6) is -0.525. The van der Waals surface area contributed by atoms with E-state index in [4.69, 9.17) is 9.84 Å². The van der Waals surface area contributed by atoms with E-state index < -0.39 is 17.2 Å². The van der Waals surface area contributed by atoms with Gasteiger partial charge in [0, 0.05) is 8.41 Å². The lowest BCUT2D eigenvalue weighted by molar-refractivity contribution is -0.0909. The van der Waals surface area contributed by atoms with Crippen LogP contribution in [0.25, 0.3) is 0 Å². The maximum absolute atomic E-state index is 10.9. The maximum Gasteiger partial charge on any atom is 0.335 e. The number of benzene rings is 1. The Bertz CT molecular complexity index is 461. The van der Waals surface area contributed by atoms with Gasteiger partial charge in [0.25, 0.3) is 0 Å². The molecular formula is C14H20BO4. The van der Waals surface area contributed by atoms with Crippen molar-refractivity contribution in [1.82, 2.24) is 0 Å². The summed E-state index contributed by atoms with van der Waals surface area (Å²) in [5.41, 5.74) is -0.868. The van der Waals surface area contributed by atoms with Crippen LogP contribution in [0.1, 0.15) is 43.6 Å². The smallest absolute Gasteiger partial charge is 0.335 e. The SMILES string of the molecule is Cc1ccc(C(=O)O)cc1OC(C)(C)C(C)(C)O.[B]. The van der Waals surface area contributed by atoms with Gasteiger partial charge in [-0.3, -0.25) is 0 Å². The third-order valence-corrected chi connectivity index (χ3v) is 3.27. The maximum atomic E-state index is 10.9. The van der Waals surface area contributed by atoms with Gasteiger partial charge in [-0.1, -0.05) is 6.07 Å². The van der Waals surface area contributed by atoms with Crippen molar-refractivity contribution >= 4 is 14.4 Å². The van der Waals surface area contributed by atoms with Crippen molar-refractivity contribution in [1.29, 1.82) is 0 Å². The number of carboxylic acids is 1. The van der Waals surface area contributed by atoms with E-state index in [0.29, 0.717) is 5.75 Å². The van der Waals surface area contributed by atoms with E-state index >= 15 is 0 Å². The van der Waals surface area contributed by atoms with Crippen LogP contribution in [0.15, 0.2) is 18.2 Å². The zero-order valence-corrected chi connectivity index (χ0v) is 12.0. The topological polar surface area (TPSA) is 66.8 Å². The molecule has 2 N–H and O–H groups in total. The zero-order valence-electron chi connectivity index (χ0n) is 12.0. The quantitative estimate of drug-likeness (QED) is 0.817. The minimum absolute atomic E-state index is 0. The molecule has 0 amide bonds. The Labute approximate surface area is 116 Å². The molecule has 0 aliphatic carbocycles. The van der Waals surface area contributed by atoms with Gasteiger partial charge in [0.05, 0.1) is 11.2 Å². The molecular weight excluding hydrogens is 243 g/mol. The number of aryl methyl sites for hydroxylation is 1. The predicted molar refractivity (Wildman–Crippen MR) is 74.9 cm³/mol. The van der Waals surface area contributed by atoms with Crippen LogP contribution in [0.3, 0.4) is 0 Å². The van der Waals surface area contributed by atoms with Crippen LogP contribution >= 0.6 is 0 Å². The van der Waals surface area contributed by atoms with Crippen LogP contribution in [0.5, 0.6) is 5.75 Å². The second-order valence-corrected chi connectivity index (χ2v) is 5.46. The lowest BCUT2D eigenvalue weighted by Gasteiger charge is -2.37. The number of ether oxygens (including phenoxy) is 1. The largest absolute Gasteiger partial charge is 0.485 e. The number of carbonyl (C=O) groups is 1. The molecule has 0 fully saturated rings. The Morgan fingerprint density at radius 2 is 1.74 bits per heavy atom. The second-order valence-electron chi connectivity index (χ2n) is 5.46. The van der Waals surface area contributed by atoms with Crippen LogP contribution in [0.2, 0.25) is 0 Å². The van der Waals surface area contributed by atoms with Crippen molar-refractivity contribution in [3.63, 3.8) is 0 Å². The Morgan fingerprint density at radius 1 is 1.21 bits per heavy atom. The van der Waals surface area contributed by atoms with E-state index in [0.717, 1.165) is 5.56 Å². The molecule has 0 spiro atoms. The van der Waals surface area contributed by atoms with Crippen molar-refractivity contribution in [2.45, 2.75) is 45.8 Å². The van der Waals surface area contributed by atoms with Crippen LogP contribution in [0, 0.1) is 6.92 Å². The zero-order chi connectivity index (χ0) is 14.1. The summed E-state index contributed by atoms with van der Waals surface area (Å²) in [5, 5.41) is 19.0. The summed E-state index contributed by atoms with van der Waals surface area (Å²) in [4.78, 5) is 10.9. The van der Waals surface area contributed by atoms with Crippen LogP contribution in [0.4, 0.5) is 0 Å². The van der Waals surface area contributed by atoms with E-state index in [-0.39, 0.29) is 14.0 Å². The summed E-state index contributed by atoms with van der Waals surface area (Å²) in [6.45, 7) is 8.67. The van der Waals surface area contributed by atoms with E-state index in [9.17, 15) is 9.90 Å². The van der Waals surface area contributed by atoms with Gasteiger partial charge >= 0.3 is 5.97 Å². The summed E-state index contributed by atoms with van der Waals surface area (Å²) in [6.07, 6.45) is 0. The van der Waals surface area contributed by atoms with Crippen LogP contribution in [-0.2, 0) is 0 Å². The molecule has 4 nitrogen and oxygen atoms in total. The molecule has 1 aromatic rings. The molecule has 5 heteroatoms. The number of hydrogen-bond acceptors (Lipinski definition) is 3. The Hall–Kier alpha value is -1.49. The number of hydrogen-bond donors (Lipinski definition) is 2. The van der Waals surface area contributed by atoms with Crippen molar-refractivity contribution in [2.75, 3.05) is 0 Å². The van der Waals surface area contributed by atoms with Gasteiger partial charge in [0.1, 0.15) is 11.4 Å². The predicted octanol–water partition coefficient (Wildman–Crippen LogP) is 2.24. The molecule has 0 saturated heterocycles. The van der Waals surface area contributed by atoms with Crippen LogP contribution in [-0.4, -0.2) is 35.8 Å². The normalized spacial score (nSPS) is 11.7. The highest BCUT2D eigenvalue weighted by atomic mass is 16.5. The fourth-order valence-corrected chi connectivity index (χ4v) is 1.24. The summed E-state index contributed by atoms with van der Waals surface area (Å²) >= 11 is 0. The first-order chi connectivity index (χ1) is 8.04. The highest BCUT2D eigenvalue weighted by Gasteiger charge is 2.37. The van der Waals surface area contributed by atoms with E-state index in [1.165, 1.54) is 12.1 Å². The highest BCUT2D eigenvalue weighted by Crippen LogP contribution is 2.30. The van der Waals surface area contributed by atoms with Gasteiger partial charge in [0.2, 0.25) is 0 Å². The first-order valence-electron chi connectivity index (χ1n) is 5.80. The van der Waals surface area contributed by atoms with E-state index in [1.807, 2.05) is 6.92 Å². The Kier molecular flexibility index (Phi) is 5.21. The molecule has 0 aromatic heterocycles. The van der Waals surface area contributed by atoms with Gasteiger partial charge < -0.3 is 14.9 Å². The fraction of sp³-hybridized carbons (Fsp3) is 0.500. The number of aromatic carboxylic acids is 1. The lowest BCUT2D eigenvalue weighted by Crippen LogP contribution is -2.49. The Balaban J connectivity index is 0.00000324. The lowest BCUT2D eigenvalue weighted by atomic mass is 9.89. The van der Waals surface area contributed by atoms with E-state index in [2.05, 4.69) is 0 Å². The molecule has 1 aromatic carbocycles. The average molecular weight is 263 g/mol. The minimum atomic E-state index is -1.04. The molecule has 19 heavy (non-hydrogen) atoms. The molecule has 0 aliphatic heterocycles. The number of rotatable bonds is 4. The first-order valence-corrected chi connectivity index (χ1v) is 5.80. The van der Waals surface area contributed by atoms with Crippen LogP contribution < -0.4 is 4.74 Å². The van der Waals surface area contributed by atoms with Crippen molar-refractivity contribution in [2.24, 2.45) is 0 Å². The molecule has 0 aliphatic rings. The minimum Gasteiger partial charge on any atom is -0.485 e. The molecule has 0 atom stereocenters. The number of carboxylic acid groups (broad SMARTS) is 1. The van der Waals surface area contributed by atoms with Gasteiger partial charge in [-0.05, 0) is 52.3 Å². The van der Waals surface area contributed by atoms with Crippen molar-refractivity contribution < 1.29 is 19.7 Å². The first kappa shape index (κ1) is 17.5. The standard InChI is InChI=1S/C14H20O4.B/c1-9-6-7-10(12(15)16)8-11(9)18-14(4,5)13(2,3)17;/h6-8,17H,1-5H3,(H,15,16);. The molecule has 103 valence electrons.